The molecule has 0 spiro atoms. The molecule has 1 atom stereocenters. The third-order valence-electron chi connectivity index (χ3n) is 3.28. The third-order valence-corrected chi connectivity index (χ3v) is 3.28. The summed E-state index contributed by atoms with van der Waals surface area (Å²) in [5.41, 5.74) is 0.644. The smallest absolute Gasteiger partial charge is 0.149 e. The van der Waals surface area contributed by atoms with Gasteiger partial charge in [0.05, 0.1) is 18.4 Å². The van der Waals surface area contributed by atoms with Crippen molar-refractivity contribution >= 4 is 11.6 Å². The van der Waals surface area contributed by atoms with E-state index in [9.17, 15) is 4.39 Å². The molecule has 4 nitrogen and oxygen atoms in total. The van der Waals surface area contributed by atoms with Gasteiger partial charge < -0.3 is 10.2 Å². The van der Waals surface area contributed by atoms with Gasteiger partial charge in [0.25, 0.3) is 0 Å². The molecule has 0 fully saturated rings. The highest BCUT2D eigenvalue weighted by Crippen LogP contribution is 2.25. The van der Waals surface area contributed by atoms with Crippen molar-refractivity contribution in [3.05, 3.63) is 48.0 Å². The van der Waals surface area contributed by atoms with E-state index in [0.717, 1.165) is 12.4 Å². The molecule has 0 bridgehead atoms. The Balaban J connectivity index is 2.24. The van der Waals surface area contributed by atoms with Gasteiger partial charge in [-0.25, -0.2) is 9.37 Å². The van der Waals surface area contributed by atoms with Crippen molar-refractivity contribution in [2.75, 3.05) is 23.8 Å². The molecular weight excluding hydrogens is 255 g/mol. The van der Waals surface area contributed by atoms with Gasteiger partial charge in [0.1, 0.15) is 17.5 Å². The molecule has 0 aliphatic heterocycles. The zero-order chi connectivity index (χ0) is 14.5. The van der Waals surface area contributed by atoms with Gasteiger partial charge in [-0.3, -0.25) is 4.98 Å². The number of hydrogen-bond donors (Lipinski definition) is 1. The Morgan fingerprint density at radius 1 is 1.30 bits per heavy atom. The minimum absolute atomic E-state index is 0.123. The first-order valence-electron chi connectivity index (χ1n) is 6.66. The van der Waals surface area contributed by atoms with Gasteiger partial charge in [0, 0.05) is 19.2 Å². The molecule has 1 unspecified atom stereocenters. The Kier molecular flexibility index (Phi) is 4.50. The van der Waals surface area contributed by atoms with Crippen LogP contribution in [0.2, 0.25) is 0 Å². The number of nitrogens with zero attached hydrogens (tertiary/aromatic N) is 3. The quantitative estimate of drug-likeness (QED) is 0.908. The van der Waals surface area contributed by atoms with Crippen molar-refractivity contribution in [2.24, 2.45) is 0 Å². The number of nitrogens with one attached hydrogen (secondary N) is 1. The predicted molar refractivity (Wildman–Crippen MR) is 79.4 cm³/mol. The SMILES string of the molecule is CCNc1cncc(N(C)C(C)c2ccccc2F)n1. The fourth-order valence-electron chi connectivity index (χ4n) is 2.01. The lowest BCUT2D eigenvalue weighted by Crippen LogP contribution is -2.24. The number of anilines is 2. The Morgan fingerprint density at radius 3 is 2.75 bits per heavy atom. The maximum absolute atomic E-state index is 13.8. The van der Waals surface area contributed by atoms with E-state index in [2.05, 4.69) is 15.3 Å². The molecule has 0 aliphatic carbocycles. The molecule has 1 N–H and O–H groups in total. The summed E-state index contributed by atoms with van der Waals surface area (Å²) in [6.45, 7) is 4.73. The number of rotatable bonds is 5. The minimum Gasteiger partial charge on any atom is -0.369 e. The highest BCUT2D eigenvalue weighted by atomic mass is 19.1. The topological polar surface area (TPSA) is 41.1 Å². The van der Waals surface area contributed by atoms with Crippen molar-refractivity contribution in [1.82, 2.24) is 9.97 Å². The fraction of sp³-hybridized carbons (Fsp3) is 0.333. The summed E-state index contributed by atoms with van der Waals surface area (Å²) in [6, 6.07) is 6.67. The van der Waals surface area contributed by atoms with E-state index in [1.165, 1.54) is 6.07 Å². The second kappa shape index (κ2) is 6.32. The zero-order valence-corrected chi connectivity index (χ0v) is 12.0. The minimum atomic E-state index is -0.206. The number of benzene rings is 1. The van der Waals surface area contributed by atoms with Gasteiger partial charge in [-0.05, 0) is 19.9 Å². The summed E-state index contributed by atoms with van der Waals surface area (Å²) in [4.78, 5) is 10.5. The molecule has 0 saturated carbocycles. The van der Waals surface area contributed by atoms with Gasteiger partial charge in [-0.2, -0.15) is 0 Å². The van der Waals surface area contributed by atoms with E-state index in [1.54, 1.807) is 24.5 Å². The van der Waals surface area contributed by atoms with Crippen LogP contribution in [0.3, 0.4) is 0 Å². The van der Waals surface area contributed by atoms with Crippen LogP contribution in [0.25, 0.3) is 0 Å². The van der Waals surface area contributed by atoms with Crippen molar-refractivity contribution in [1.29, 1.82) is 0 Å². The molecule has 106 valence electrons. The van der Waals surface area contributed by atoms with Crippen molar-refractivity contribution in [3.63, 3.8) is 0 Å². The van der Waals surface area contributed by atoms with Gasteiger partial charge in [-0.15, -0.1) is 0 Å². The summed E-state index contributed by atoms with van der Waals surface area (Å²) >= 11 is 0. The maximum Gasteiger partial charge on any atom is 0.149 e. The lowest BCUT2D eigenvalue weighted by atomic mass is 10.1. The average Bonchev–Trinajstić information content (AvgIpc) is 2.47. The van der Waals surface area contributed by atoms with Gasteiger partial charge in [-0.1, -0.05) is 18.2 Å². The van der Waals surface area contributed by atoms with Gasteiger partial charge in [0.15, 0.2) is 0 Å². The van der Waals surface area contributed by atoms with Crippen molar-refractivity contribution in [3.8, 4) is 0 Å². The summed E-state index contributed by atoms with van der Waals surface area (Å²) in [6.07, 6.45) is 3.35. The van der Waals surface area contributed by atoms with Crippen LogP contribution < -0.4 is 10.2 Å². The molecule has 1 aromatic carbocycles. The zero-order valence-electron chi connectivity index (χ0n) is 12.0. The second-order valence-electron chi connectivity index (χ2n) is 4.60. The molecule has 0 saturated heterocycles. The largest absolute Gasteiger partial charge is 0.369 e. The van der Waals surface area contributed by atoms with E-state index in [-0.39, 0.29) is 11.9 Å². The lowest BCUT2D eigenvalue weighted by Gasteiger charge is -2.26. The molecule has 0 aliphatic rings. The van der Waals surface area contributed by atoms with Crippen LogP contribution in [0.4, 0.5) is 16.0 Å². The van der Waals surface area contributed by atoms with Crippen molar-refractivity contribution < 1.29 is 4.39 Å². The highest BCUT2D eigenvalue weighted by molar-refractivity contribution is 5.45. The van der Waals surface area contributed by atoms with Gasteiger partial charge >= 0.3 is 0 Å². The van der Waals surface area contributed by atoms with Crippen LogP contribution >= 0.6 is 0 Å². The van der Waals surface area contributed by atoms with E-state index >= 15 is 0 Å². The molecule has 0 radical (unpaired) electrons. The molecule has 2 rings (SSSR count). The Bertz CT molecular complexity index is 573. The summed E-state index contributed by atoms with van der Waals surface area (Å²) in [5, 5.41) is 3.12. The molecule has 1 aromatic heterocycles. The van der Waals surface area contributed by atoms with Crippen LogP contribution in [0.5, 0.6) is 0 Å². The first-order valence-corrected chi connectivity index (χ1v) is 6.66. The number of hydrogen-bond acceptors (Lipinski definition) is 4. The van der Waals surface area contributed by atoms with E-state index in [4.69, 9.17) is 0 Å². The summed E-state index contributed by atoms with van der Waals surface area (Å²) < 4.78 is 13.8. The van der Waals surface area contributed by atoms with E-state index in [1.807, 2.05) is 31.9 Å². The van der Waals surface area contributed by atoms with Crippen LogP contribution in [-0.2, 0) is 0 Å². The van der Waals surface area contributed by atoms with Crippen LogP contribution in [-0.4, -0.2) is 23.6 Å². The Morgan fingerprint density at radius 2 is 2.05 bits per heavy atom. The standard InChI is InChI=1S/C15H19FN4/c1-4-18-14-9-17-10-15(19-14)20(3)11(2)12-7-5-6-8-13(12)16/h5-11H,4H2,1-3H3,(H,18,19). The van der Waals surface area contributed by atoms with Crippen molar-refractivity contribution in [2.45, 2.75) is 19.9 Å². The van der Waals surface area contributed by atoms with E-state index < -0.39 is 0 Å². The number of aromatic nitrogens is 2. The normalized spacial score (nSPS) is 12.0. The first kappa shape index (κ1) is 14.2. The maximum atomic E-state index is 13.8. The summed E-state index contributed by atoms with van der Waals surface area (Å²) in [5.74, 6) is 1.22. The predicted octanol–water partition coefficient (Wildman–Crippen LogP) is 3.24. The van der Waals surface area contributed by atoms with Crippen LogP contribution in [0.1, 0.15) is 25.5 Å². The molecule has 5 heteroatoms. The molecule has 1 heterocycles. The third kappa shape index (κ3) is 3.04. The second-order valence-corrected chi connectivity index (χ2v) is 4.60. The molecule has 0 amide bonds. The van der Waals surface area contributed by atoms with Crippen LogP contribution in [0, 0.1) is 5.82 Å². The van der Waals surface area contributed by atoms with Crippen LogP contribution in [0.15, 0.2) is 36.7 Å². The fourth-order valence-corrected chi connectivity index (χ4v) is 2.01. The molecule has 2 aromatic rings. The highest BCUT2D eigenvalue weighted by Gasteiger charge is 2.17. The summed E-state index contributed by atoms with van der Waals surface area (Å²) in [7, 11) is 1.89. The molecular formula is C15H19FN4. The van der Waals surface area contributed by atoms with Gasteiger partial charge in [0.2, 0.25) is 0 Å². The Labute approximate surface area is 118 Å². The first-order chi connectivity index (χ1) is 9.63. The average molecular weight is 274 g/mol. The molecule has 20 heavy (non-hydrogen) atoms. The lowest BCUT2D eigenvalue weighted by molar-refractivity contribution is 0.584. The number of halogens is 1. The van der Waals surface area contributed by atoms with E-state index in [0.29, 0.717) is 11.4 Å². The monoisotopic (exact) mass is 274 g/mol. The Hall–Kier alpha value is -2.17.